The van der Waals surface area contributed by atoms with E-state index in [0.29, 0.717) is 0 Å². The van der Waals surface area contributed by atoms with Crippen LogP contribution in [0.25, 0.3) is 0 Å². The van der Waals surface area contributed by atoms with Crippen LogP contribution in [0.15, 0.2) is 18.2 Å². The average molecular weight is 330 g/mol. The standard InChI is InChI=1S/C20H30N2O2/c1-23-18-5-6-20(24-2)17(13-18)14-21-7-9-22(10-8-21)19-12-15-3-4-16(19)11-15/h5-6,13,15-16,19H,3-4,7-12,14H2,1-2H3. The molecule has 2 bridgehead atoms. The third-order valence-electron chi connectivity index (χ3n) is 6.46. The molecule has 3 atom stereocenters. The van der Waals surface area contributed by atoms with E-state index in [-0.39, 0.29) is 0 Å². The van der Waals surface area contributed by atoms with Crippen molar-refractivity contribution >= 4 is 0 Å². The van der Waals surface area contributed by atoms with Gasteiger partial charge in [-0.05, 0) is 49.3 Å². The van der Waals surface area contributed by atoms with Gasteiger partial charge < -0.3 is 9.47 Å². The summed E-state index contributed by atoms with van der Waals surface area (Å²) in [6.07, 6.45) is 5.95. The Morgan fingerprint density at radius 1 is 1.00 bits per heavy atom. The number of rotatable bonds is 5. The fourth-order valence-electron chi connectivity index (χ4n) is 5.16. The summed E-state index contributed by atoms with van der Waals surface area (Å²) in [6, 6.07) is 6.98. The molecule has 4 nitrogen and oxygen atoms in total. The molecule has 2 saturated carbocycles. The van der Waals surface area contributed by atoms with Gasteiger partial charge in [0.25, 0.3) is 0 Å². The van der Waals surface area contributed by atoms with Gasteiger partial charge in [-0.3, -0.25) is 9.80 Å². The number of hydrogen-bond donors (Lipinski definition) is 0. The highest BCUT2D eigenvalue weighted by Crippen LogP contribution is 2.46. The van der Waals surface area contributed by atoms with Gasteiger partial charge in [0, 0.05) is 44.3 Å². The zero-order valence-electron chi connectivity index (χ0n) is 15.0. The molecule has 4 rings (SSSR count). The Kier molecular flexibility index (Phi) is 4.68. The Morgan fingerprint density at radius 3 is 2.46 bits per heavy atom. The maximum atomic E-state index is 5.53. The maximum absolute atomic E-state index is 5.53. The maximum Gasteiger partial charge on any atom is 0.123 e. The van der Waals surface area contributed by atoms with Crippen molar-refractivity contribution in [2.75, 3.05) is 40.4 Å². The lowest BCUT2D eigenvalue weighted by molar-refractivity contribution is 0.0676. The number of ether oxygens (including phenoxy) is 2. The van der Waals surface area contributed by atoms with E-state index in [1.54, 1.807) is 14.2 Å². The van der Waals surface area contributed by atoms with Gasteiger partial charge in [0.2, 0.25) is 0 Å². The van der Waals surface area contributed by atoms with Crippen molar-refractivity contribution in [2.45, 2.75) is 38.3 Å². The molecule has 3 fully saturated rings. The lowest BCUT2D eigenvalue weighted by Crippen LogP contribution is -2.51. The third kappa shape index (κ3) is 3.14. The molecule has 1 saturated heterocycles. The quantitative estimate of drug-likeness (QED) is 0.828. The molecule has 0 radical (unpaired) electrons. The predicted octanol–water partition coefficient (Wildman–Crippen LogP) is 3.01. The molecule has 1 aromatic carbocycles. The van der Waals surface area contributed by atoms with Gasteiger partial charge in [0.1, 0.15) is 11.5 Å². The Labute approximate surface area is 145 Å². The Hall–Kier alpha value is -1.26. The molecule has 132 valence electrons. The molecule has 0 amide bonds. The molecule has 0 N–H and O–H groups in total. The Bertz CT molecular complexity index is 569. The number of nitrogens with zero attached hydrogens (tertiary/aromatic N) is 2. The summed E-state index contributed by atoms with van der Waals surface area (Å²) in [5.74, 6) is 3.91. The van der Waals surface area contributed by atoms with Crippen molar-refractivity contribution in [3.8, 4) is 11.5 Å². The van der Waals surface area contributed by atoms with Crippen molar-refractivity contribution in [3.05, 3.63) is 23.8 Å². The minimum atomic E-state index is 0.886. The normalized spacial score (nSPS) is 30.7. The fourth-order valence-corrected chi connectivity index (χ4v) is 5.16. The molecule has 1 aromatic rings. The first kappa shape index (κ1) is 16.2. The van der Waals surface area contributed by atoms with Crippen LogP contribution in [0.2, 0.25) is 0 Å². The molecule has 0 aromatic heterocycles. The second-order valence-electron chi connectivity index (χ2n) is 7.73. The van der Waals surface area contributed by atoms with Gasteiger partial charge in [0.05, 0.1) is 14.2 Å². The van der Waals surface area contributed by atoms with Gasteiger partial charge in [0.15, 0.2) is 0 Å². The van der Waals surface area contributed by atoms with Crippen LogP contribution in [0, 0.1) is 11.8 Å². The topological polar surface area (TPSA) is 24.9 Å². The predicted molar refractivity (Wildman–Crippen MR) is 95.6 cm³/mol. The van der Waals surface area contributed by atoms with Crippen LogP contribution in [-0.2, 0) is 6.54 Å². The number of methoxy groups -OCH3 is 2. The molecule has 1 heterocycles. The number of piperazine rings is 1. The molecule has 3 unspecified atom stereocenters. The van der Waals surface area contributed by atoms with Gasteiger partial charge in [-0.1, -0.05) is 6.42 Å². The van der Waals surface area contributed by atoms with Crippen LogP contribution < -0.4 is 9.47 Å². The van der Waals surface area contributed by atoms with E-state index in [1.807, 2.05) is 12.1 Å². The monoisotopic (exact) mass is 330 g/mol. The number of benzene rings is 1. The second-order valence-corrected chi connectivity index (χ2v) is 7.73. The van der Waals surface area contributed by atoms with E-state index in [9.17, 15) is 0 Å². The molecule has 3 aliphatic rings. The molecular formula is C20H30N2O2. The lowest BCUT2D eigenvalue weighted by atomic mass is 9.93. The minimum Gasteiger partial charge on any atom is -0.497 e. The van der Waals surface area contributed by atoms with Gasteiger partial charge >= 0.3 is 0 Å². The first-order valence-corrected chi connectivity index (χ1v) is 9.44. The van der Waals surface area contributed by atoms with Gasteiger partial charge in [-0.2, -0.15) is 0 Å². The van der Waals surface area contributed by atoms with E-state index in [0.717, 1.165) is 49.0 Å². The summed E-state index contributed by atoms with van der Waals surface area (Å²) in [5.41, 5.74) is 1.23. The first-order valence-electron chi connectivity index (χ1n) is 9.44. The summed E-state index contributed by atoms with van der Waals surface area (Å²) in [7, 11) is 3.47. The van der Waals surface area contributed by atoms with Crippen LogP contribution in [-0.4, -0.2) is 56.2 Å². The van der Waals surface area contributed by atoms with Crippen LogP contribution in [0.3, 0.4) is 0 Å². The van der Waals surface area contributed by atoms with E-state index in [4.69, 9.17) is 9.47 Å². The average Bonchev–Trinajstić information content (AvgIpc) is 3.25. The first-order chi connectivity index (χ1) is 11.8. The van der Waals surface area contributed by atoms with Crippen LogP contribution in [0.1, 0.15) is 31.2 Å². The number of fused-ring (bicyclic) bond motifs is 2. The van der Waals surface area contributed by atoms with Gasteiger partial charge in [-0.15, -0.1) is 0 Å². The minimum absolute atomic E-state index is 0.886. The van der Waals surface area contributed by atoms with Crippen molar-refractivity contribution in [1.29, 1.82) is 0 Å². The Morgan fingerprint density at radius 2 is 1.83 bits per heavy atom. The summed E-state index contributed by atoms with van der Waals surface area (Å²) >= 11 is 0. The second kappa shape index (κ2) is 6.93. The van der Waals surface area contributed by atoms with E-state index in [1.165, 1.54) is 44.3 Å². The summed E-state index contributed by atoms with van der Waals surface area (Å²) < 4.78 is 10.9. The van der Waals surface area contributed by atoms with Crippen molar-refractivity contribution in [1.82, 2.24) is 9.80 Å². The van der Waals surface area contributed by atoms with E-state index < -0.39 is 0 Å². The Balaban J connectivity index is 1.35. The van der Waals surface area contributed by atoms with Gasteiger partial charge in [-0.25, -0.2) is 0 Å². The van der Waals surface area contributed by atoms with Crippen molar-refractivity contribution in [2.24, 2.45) is 11.8 Å². The molecule has 1 aliphatic heterocycles. The number of hydrogen-bond acceptors (Lipinski definition) is 4. The zero-order valence-corrected chi connectivity index (χ0v) is 15.0. The summed E-state index contributed by atoms with van der Waals surface area (Å²) in [4.78, 5) is 5.34. The third-order valence-corrected chi connectivity index (χ3v) is 6.46. The highest BCUT2D eigenvalue weighted by atomic mass is 16.5. The zero-order chi connectivity index (χ0) is 16.5. The lowest BCUT2D eigenvalue weighted by Gasteiger charge is -2.41. The molecule has 4 heteroatoms. The van der Waals surface area contributed by atoms with E-state index >= 15 is 0 Å². The largest absolute Gasteiger partial charge is 0.497 e. The molecular weight excluding hydrogens is 300 g/mol. The van der Waals surface area contributed by atoms with Crippen LogP contribution >= 0.6 is 0 Å². The summed E-state index contributed by atoms with van der Waals surface area (Å²) in [5, 5.41) is 0. The molecule has 2 aliphatic carbocycles. The highest BCUT2D eigenvalue weighted by Gasteiger charge is 2.42. The van der Waals surface area contributed by atoms with Crippen molar-refractivity contribution < 1.29 is 9.47 Å². The molecule has 24 heavy (non-hydrogen) atoms. The smallest absolute Gasteiger partial charge is 0.123 e. The SMILES string of the molecule is COc1ccc(OC)c(CN2CCN(C3CC4CCC3C4)CC2)c1. The highest BCUT2D eigenvalue weighted by molar-refractivity contribution is 5.40. The van der Waals surface area contributed by atoms with Crippen LogP contribution in [0.4, 0.5) is 0 Å². The van der Waals surface area contributed by atoms with E-state index in [2.05, 4.69) is 15.9 Å². The van der Waals surface area contributed by atoms with Crippen molar-refractivity contribution in [3.63, 3.8) is 0 Å². The van der Waals surface area contributed by atoms with Crippen LogP contribution in [0.5, 0.6) is 11.5 Å². The molecule has 0 spiro atoms. The fraction of sp³-hybridized carbons (Fsp3) is 0.700. The summed E-state index contributed by atoms with van der Waals surface area (Å²) in [6.45, 7) is 5.72.